The Balaban J connectivity index is 2.35. The number of carbonyl (C=O) groups excluding carboxylic acids is 1. The van der Waals surface area contributed by atoms with E-state index in [0.29, 0.717) is 18.8 Å². The number of unbranched alkanes of at least 4 members (excludes halogenated alkanes) is 1. The van der Waals surface area contributed by atoms with Crippen molar-refractivity contribution in [1.29, 1.82) is 0 Å². The Morgan fingerprint density at radius 1 is 1.53 bits per heavy atom. The average molecular weight is 261 g/mol. The molecule has 5 nitrogen and oxygen atoms in total. The summed E-state index contributed by atoms with van der Waals surface area (Å²) < 4.78 is 5.16. The van der Waals surface area contributed by atoms with Gasteiger partial charge >= 0.3 is 5.97 Å². The fourth-order valence-corrected chi connectivity index (χ4v) is 2.93. The second-order valence-electron chi connectivity index (χ2n) is 4.14. The fourth-order valence-electron chi connectivity index (χ4n) is 1.60. The summed E-state index contributed by atoms with van der Waals surface area (Å²) in [7, 11) is 0. The van der Waals surface area contributed by atoms with Crippen molar-refractivity contribution in [1.82, 2.24) is 5.32 Å². The number of amides is 1. The van der Waals surface area contributed by atoms with E-state index in [2.05, 4.69) is 5.32 Å². The molecule has 1 amide bonds. The van der Waals surface area contributed by atoms with Gasteiger partial charge in [0.25, 0.3) is 0 Å². The van der Waals surface area contributed by atoms with Crippen LogP contribution in [-0.2, 0) is 14.3 Å². The number of ether oxygens (including phenoxy) is 1. The van der Waals surface area contributed by atoms with E-state index in [9.17, 15) is 9.59 Å². The van der Waals surface area contributed by atoms with Gasteiger partial charge in [-0.25, -0.2) is 4.79 Å². The van der Waals surface area contributed by atoms with Crippen molar-refractivity contribution in [2.45, 2.75) is 31.7 Å². The van der Waals surface area contributed by atoms with Crippen LogP contribution in [0, 0.1) is 0 Å². The van der Waals surface area contributed by atoms with Gasteiger partial charge < -0.3 is 15.2 Å². The van der Waals surface area contributed by atoms with E-state index in [4.69, 9.17) is 9.84 Å². The Kier molecular flexibility index (Phi) is 5.77. The molecule has 1 rings (SSSR count). The third-order valence-electron chi connectivity index (χ3n) is 2.69. The summed E-state index contributed by atoms with van der Waals surface area (Å²) in [4.78, 5) is 22.7. The number of rotatable bonds is 7. The molecule has 1 fully saturated rings. The predicted molar refractivity (Wildman–Crippen MR) is 66.2 cm³/mol. The van der Waals surface area contributed by atoms with Gasteiger partial charge in [-0.15, -0.1) is 0 Å². The third-order valence-corrected chi connectivity index (χ3v) is 3.87. The summed E-state index contributed by atoms with van der Waals surface area (Å²) in [6, 6.07) is 0. The molecule has 98 valence electrons. The lowest BCUT2D eigenvalue weighted by Gasteiger charge is -2.24. The highest BCUT2D eigenvalue weighted by Gasteiger charge is 2.43. The van der Waals surface area contributed by atoms with Crippen molar-refractivity contribution in [3.63, 3.8) is 0 Å². The molecule has 0 spiro atoms. The Hall–Kier alpha value is -0.750. The first-order valence-corrected chi connectivity index (χ1v) is 6.96. The van der Waals surface area contributed by atoms with Crippen molar-refractivity contribution >= 4 is 23.6 Å². The molecule has 0 bridgehead atoms. The molecule has 0 aromatic carbocycles. The summed E-state index contributed by atoms with van der Waals surface area (Å²) >= 11 is 1.55. The van der Waals surface area contributed by atoms with Crippen molar-refractivity contribution < 1.29 is 19.4 Å². The van der Waals surface area contributed by atoms with Crippen LogP contribution in [0.5, 0.6) is 0 Å². The highest BCUT2D eigenvalue weighted by atomic mass is 32.2. The second kappa shape index (κ2) is 6.86. The van der Waals surface area contributed by atoms with Crippen LogP contribution in [0.2, 0.25) is 0 Å². The molecule has 1 aliphatic heterocycles. The lowest BCUT2D eigenvalue weighted by molar-refractivity contribution is -0.147. The highest BCUT2D eigenvalue weighted by molar-refractivity contribution is 7.99. The van der Waals surface area contributed by atoms with Gasteiger partial charge in [0.2, 0.25) is 5.91 Å². The number of hydrogen-bond donors (Lipinski definition) is 2. The van der Waals surface area contributed by atoms with Crippen molar-refractivity contribution in [3.8, 4) is 0 Å². The van der Waals surface area contributed by atoms with Crippen LogP contribution in [0.25, 0.3) is 0 Å². The van der Waals surface area contributed by atoms with E-state index < -0.39 is 11.5 Å². The Morgan fingerprint density at radius 3 is 2.82 bits per heavy atom. The second-order valence-corrected chi connectivity index (χ2v) is 5.25. The molecular weight excluding hydrogens is 242 g/mol. The highest BCUT2D eigenvalue weighted by Crippen LogP contribution is 2.28. The quantitative estimate of drug-likeness (QED) is 0.665. The Bertz CT molecular complexity index is 277. The Labute approximate surface area is 105 Å². The van der Waals surface area contributed by atoms with E-state index in [1.165, 1.54) is 0 Å². The first-order valence-electron chi connectivity index (χ1n) is 5.80. The third kappa shape index (κ3) is 4.20. The molecule has 0 radical (unpaired) electrons. The average Bonchev–Trinajstić information content (AvgIpc) is 2.74. The maximum absolute atomic E-state index is 11.6. The standard InChI is InChI=1S/C11H19NO4S/c1-2-3-5-16-7-9(13)12-11(10(14)15)4-6-17-8-11/h2-8H2,1H3,(H,12,13)(H,14,15). The zero-order valence-electron chi connectivity index (χ0n) is 10.0. The summed E-state index contributed by atoms with van der Waals surface area (Å²) in [5, 5.41) is 11.7. The van der Waals surface area contributed by atoms with Crippen molar-refractivity contribution in [2.75, 3.05) is 24.7 Å². The minimum absolute atomic E-state index is 0.0559. The minimum Gasteiger partial charge on any atom is -0.479 e. The number of thioether (sulfide) groups is 1. The van der Waals surface area contributed by atoms with Gasteiger partial charge in [0.15, 0.2) is 0 Å². The van der Waals surface area contributed by atoms with Crippen LogP contribution >= 0.6 is 11.8 Å². The number of carboxylic acid groups (broad SMARTS) is 1. The van der Waals surface area contributed by atoms with Gasteiger partial charge in [0.05, 0.1) is 0 Å². The van der Waals surface area contributed by atoms with E-state index >= 15 is 0 Å². The van der Waals surface area contributed by atoms with Crippen LogP contribution in [0.15, 0.2) is 0 Å². The molecular formula is C11H19NO4S. The minimum atomic E-state index is -1.09. The first-order chi connectivity index (χ1) is 8.10. The molecule has 6 heteroatoms. The lowest BCUT2D eigenvalue weighted by atomic mass is 9.99. The van der Waals surface area contributed by atoms with E-state index in [0.717, 1.165) is 18.6 Å². The van der Waals surface area contributed by atoms with Gasteiger partial charge in [-0.2, -0.15) is 11.8 Å². The van der Waals surface area contributed by atoms with Gasteiger partial charge in [0, 0.05) is 12.4 Å². The summed E-state index contributed by atoms with van der Waals surface area (Å²) in [5.74, 6) is -0.0952. The molecule has 0 aromatic rings. The lowest BCUT2D eigenvalue weighted by Crippen LogP contribution is -2.55. The van der Waals surface area contributed by atoms with Crippen molar-refractivity contribution in [3.05, 3.63) is 0 Å². The molecule has 17 heavy (non-hydrogen) atoms. The maximum Gasteiger partial charge on any atom is 0.330 e. The maximum atomic E-state index is 11.6. The molecule has 1 saturated heterocycles. The molecule has 0 aromatic heterocycles. The monoisotopic (exact) mass is 261 g/mol. The molecule has 0 saturated carbocycles. The number of aliphatic carboxylic acids is 1. The van der Waals surface area contributed by atoms with Crippen LogP contribution in [0.1, 0.15) is 26.2 Å². The first kappa shape index (κ1) is 14.3. The zero-order chi connectivity index (χ0) is 12.7. The smallest absolute Gasteiger partial charge is 0.330 e. The van der Waals surface area contributed by atoms with Gasteiger partial charge in [0.1, 0.15) is 12.1 Å². The van der Waals surface area contributed by atoms with Crippen LogP contribution in [-0.4, -0.2) is 47.2 Å². The molecule has 1 unspecified atom stereocenters. The predicted octanol–water partition coefficient (Wildman–Crippen LogP) is 0.880. The number of carbonyl (C=O) groups is 2. The topological polar surface area (TPSA) is 75.6 Å². The summed E-state index contributed by atoms with van der Waals surface area (Å²) in [5.41, 5.74) is -1.09. The number of hydrogen-bond acceptors (Lipinski definition) is 4. The zero-order valence-corrected chi connectivity index (χ0v) is 10.8. The Morgan fingerprint density at radius 2 is 2.29 bits per heavy atom. The molecule has 1 heterocycles. The van der Waals surface area contributed by atoms with Gasteiger partial charge in [-0.3, -0.25) is 4.79 Å². The molecule has 1 atom stereocenters. The van der Waals surface area contributed by atoms with E-state index in [-0.39, 0.29) is 12.5 Å². The van der Waals surface area contributed by atoms with Gasteiger partial charge in [-0.1, -0.05) is 13.3 Å². The molecule has 2 N–H and O–H groups in total. The van der Waals surface area contributed by atoms with Crippen LogP contribution in [0.4, 0.5) is 0 Å². The van der Waals surface area contributed by atoms with Crippen LogP contribution < -0.4 is 5.32 Å². The normalized spacial score (nSPS) is 23.6. The summed E-state index contributed by atoms with van der Waals surface area (Å²) in [6.07, 6.45) is 2.40. The number of nitrogens with one attached hydrogen (secondary N) is 1. The summed E-state index contributed by atoms with van der Waals surface area (Å²) in [6.45, 7) is 2.52. The number of carboxylic acids is 1. The van der Waals surface area contributed by atoms with Gasteiger partial charge in [-0.05, 0) is 18.6 Å². The SMILES string of the molecule is CCCCOCC(=O)NC1(C(=O)O)CCSC1. The molecule has 1 aliphatic rings. The fraction of sp³-hybridized carbons (Fsp3) is 0.818. The largest absolute Gasteiger partial charge is 0.479 e. The van der Waals surface area contributed by atoms with Crippen LogP contribution in [0.3, 0.4) is 0 Å². The van der Waals surface area contributed by atoms with E-state index in [1.807, 2.05) is 6.92 Å². The van der Waals surface area contributed by atoms with E-state index in [1.54, 1.807) is 11.8 Å². The molecule has 0 aliphatic carbocycles. The van der Waals surface area contributed by atoms with Crippen molar-refractivity contribution in [2.24, 2.45) is 0 Å².